The number of hydrogen-bond acceptors (Lipinski definition) is 7. The molecule has 9 nitrogen and oxygen atoms in total. The highest BCUT2D eigenvalue weighted by Crippen LogP contribution is 2.30. The summed E-state index contributed by atoms with van der Waals surface area (Å²) in [5.74, 6) is 1.26. The molecule has 34 heavy (non-hydrogen) atoms. The zero-order valence-electron chi connectivity index (χ0n) is 18.4. The second-order valence-corrected chi connectivity index (χ2v) is 8.64. The Hall–Kier alpha value is -3.64. The molecule has 3 aromatic rings. The van der Waals surface area contributed by atoms with Crippen molar-refractivity contribution in [3.63, 3.8) is 0 Å². The van der Waals surface area contributed by atoms with E-state index in [1.807, 2.05) is 24.4 Å². The summed E-state index contributed by atoms with van der Waals surface area (Å²) in [6, 6.07) is 12.4. The molecule has 2 aliphatic rings. The molecule has 5 rings (SSSR count). The molecule has 1 aromatic carbocycles. The Kier molecular flexibility index (Phi) is 6.98. The number of rotatable bonds is 5. The van der Waals surface area contributed by atoms with Gasteiger partial charge in [-0.3, -0.25) is 4.79 Å². The minimum Gasteiger partial charge on any atom is -0.393 e. The van der Waals surface area contributed by atoms with Crippen LogP contribution in [0.1, 0.15) is 33.1 Å². The molecule has 2 aromatic heterocycles. The Morgan fingerprint density at radius 3 is 2.74 bits per heavy atom. The fourth-order valence-electron chi connectivity index (χ4n) is 4.83. The average molecular weight is 462 g/mol. The molecule has 1 aliphatic carbocycles. The van der Waals surface area contributed by atoms with Gasteiger partial charge in [0.25, 0.3) is 0 Å². The van der Waals surface area contributed by atoms with Crippen molar-refractivity contribution in [3.05, 3.63) is 42.7 Å². The second-order valence-electron chi connectivity index (χ2n) is 8.64. The molecule has 0 radical (unpaired) electrons. The number of nitriles is 1. The van der Waals surface area contributed by atoms with Crippen molar-refractivity contribution in [1.29, 1.82) is 5.26 Å². The van der Waals surface area contributed by atoms with Crippen molar-refractivity contribution in [2.24, 2.45) is 0 Å². The number of anilines is 2. The van der Waals surface area contributed by atoms with Crippen LogP contribution >= 0.6 is 0 Å². The van der Waals surface area contributed by atoms with Gasteiger partial charge in [0.15, 0.2) is 0 Å². The smallest absolute Gasteiger partial charge is 0.236 e. The lowest BCUT2D eigenvalue weighted by Crippen LogP contribution is -2.48. The van der Waals surface area contributed by atoms with E-state index in [0.717, 1.165) is 54.8 Å². The molecule has 1 saturated carbocycles. The fourth-order valence-corrected chi connectivity index (χ4v) is 4.83. The van der Waals surface area contributed by atoms with E-state index < -0.39 is 0 Å². The van der Waals surface area contributed by atoms with Crippen LogP contribution in [-0.2, 0) is 4.79 Å². The summed E-state index contributed by atoms with van der Waals surface area (Å²) in [7, 11) is 0. The van der Waals surface area contributed by atoms with Crippen LogP contribution < -0.4 is 10.2 Å². The SMILES string of the molecule is C.N#CCC(=O)N1CCN(c2cccc3c2ccn3-c2ccnc(N[C@H]3CC[C@H](O)C3)n2)CC1. The van der Waals surface area contributed by atoms with Gasteiger partial charge in [0.2, 0.25) is 11.9 Å². The van der Waals surface area contributed by atoms with E-state index in [1.165, 1.54) is 0 Å². The lowest BCUT2D eigenvalue weighted by Gasteiger charge is -2.36. The third-order valence-corrected chi connectivity index (χ3v) is 6.54. The minimum atomic E-state index is -0.246. The maximum Gasteiger partial charge on any atom is 0.236 e. The molecule has 0 unspecified atom stereocenters. The molecule has 1 amide bonds. The summed E-state index contributed by atoms with van der Waals surface area (Å²) in [6.45, 7) is 2.70. The van der Waals surface area contributed by atoms with E-state index >= 15 is 0 Å². The van der Waals surface area contributed by atoms with Gasteiger partial charge in [-0.25, -0.2) is 4.98 Å². The van der Waals surface area contributed by atoms with Crippen LogP contribution in [0.25, 0.3) is 16.7 Å². The largest absolute Gasteiger partial charge is 0.393 e. The van der Waals surface area contributed by atoms with Crippen molar-refractivity contribution >= 4 is 28.4 Å². The molecule has 2 fully saturated rings. The van der Waals surface area contributed by atoms with Crippen molar-refractivity contribution < 1.29 is 9.90 Å². The van der Waals surface area contributed by atoms with Gasteiger partial charge in [0.1, 0.15) is 12.2 Å². The predicted molar refractivity (Wildman–Crippen MR) is 132 cm³/mol. The normalized spacial score (nSPS) is 20.1. The maximum atomic E-state index is 12.0. The number of aliphatic hydroxyl groups excluding tert-OH is 1. The molecule has 2 N–H and O–H groups in total. The van der Waals surface area contributed by atoms with Gasteiger partial charge in [0, 0.05) is 55.7 Å². The molecule has 1 aliphatic heterocycles. The minimum absolute atomic E-state index is 0. The van der Waals surface area contributed by atoms with Crippen molar-refractivity contribution in [1.82, 2.24) is 19.4 Å². The monoisotopic (exact) mass is 461 g/mol. The Labute approximate surface area is 199 Å². The van der Waals surface area contributed by atoms with E-state index in [9.17, 15) is 9.90 Å². The first kappa shape index (κ1) is 23.5. The van der Waals surface area contributed by atoms with Crippen LogP contribution in [0.5, 0.6) is 0 Å². The standard InChI is InChI=1S/C24H27N7O2.CH4/c25-9-6-23(33)30-14-12-29(13-15-30)20-2-1-3-21-19(20)8-11-31(21)22-7-10-26-24(28-22)27-17-4-5-18(32)16-17;/h1-3,7-8,10-11,17-18,32H,4-6,12-16H2,(H,26,27,28);1H4/t17-,18-;/m0./s1. The van der Waals surface area contributed by atoms with Crippen LogP contribution in [0.4, 0.5) is 11.6 Å². The van der Waals surface area contributed by atoms with Gasteiger partial charge in [-0.05, 0) is 43.5 Å². The van der Waals surface area contributed by atoms with Crippen LogP contribution in [0.3, 0.4) is 0 Å². The molecule has 3 heterocycles. The summed E-state index contributed by atoms with van der Waals surface area (Å²) in [5, 5.41) is 23.0. The van der Waals surface area contributed by atoms with Gasteiger partial charge >= 0.3 is 0 Å². The maximum absolute atomic E-state index is 12.0. The van der Waals surface area contributed by atoms with Crippen LogP contribution in [0.15, 0.2) is 42.7 Å². The molecule has 178 valence electrons. The van der Waals surface area contributed by atoms with Crippen molar-refractivity contribution in [2.75, 3.05) is 36.4 Å². The van der Waals surface area contributed by atoms with Crippen molar-refractivity contribution in [2.45, 2.75) is 45.3 Å². The highest BCUT2D eigenvalue weighted by atomic mass is 16.3. The summed E-state index contributed by atoms with van der Waals surface area (Å²) in [5.41, 5.74) is 2.18. The number of piperazine rings is 1. The Morgan fingerprint density at radius 2 is 2.00 bits per heavy atom. The van der Waals surface area contributed by atoms with Crippen LogP contribution in [0.2, 0.25) is 0 Å². The number of benzene rings is 1. The lowest BCUT2D eigenvalue weighted by molar-refractivity contribution is -0.130. The quantitative estimate of drug-likeness (QED) is 0.601. The average Bonchev–Trinajstić information content (AvgIpc) is 3.45. The summed E-state index contributed by atoms with van der Waals surface area (Å²) in [4.78, 5) is 25.2. The third-order valence-electron chi connectivity index (χ3n) is 6.54. The first-order valence-corrected chi connectivity index (χ1v) is 11.4. The first-order valence-electron chi connectivity index (χ1n) is 11.4. The van der Waals surface area contributed by atoms with E-state index in [1.54, 1.807) is 11.1 Å². The topological polar surface area (TPSA) is 110 Å². The third kappa shape index (κ3) is 4.68. The molecule has 9 heteroatoms. The van der Waals surface area contributed by atoms with Crippen LogP contribution in [-0.4, -0.2) is 68.8 Å². The van der Waals surface area contributed by atoms with Crippen molar-refractivity contribution in [3.8, 4) is 11.9 Å². The van der Waals surface area contributed by atoms with E-state index in [-0.39, 0.29) is 31.9 Å². The van der Waals surface area contributed by atoms with E-state index in [2.05, 4.69) is 38.0 Å². The van der Waals surface area contributed by atoms with Gasteiger partial charge in [-0.1, -0.05) is 13.5 Å². The number of fused-ring (bicyclic) bond motifs is 1. The highest BCUT2D eigenvalue weighted by molar-refractivity contribution is 5.94. The van der Waals surface area contributed by atoms with Gasteiger partial charge in [0.05, 0.1) is 17.7 Å². The number of nitrogens with zero attached hydrogens (tertiary/aromatic N) is 6. The zero-order valence-corrected chi connectivity index (χ0v) is 18.4. The van der Waals surface area contributed by atoms with Gasteiger partial charge in [-0.2, -0.15) is 10.2 Å². The molecular formula is C25H31N7O2. The highest BCUT2D eigenvalue weighted by Gasteiger charge is 2.24. The number of carbonyl (C=O) groups is 1. The Bertz CT molecular complexity index is 1190. The predicted octanol–water partition coefficient (Wildman–Crippen LogP) is 2.94. The zero-order chi connectivity index (χ0) is 22.8. The number of carbonyl (C=O) groups excluding carboxylic acids is 1. The van der Waals surface area contributed by atoms with Crippen LogP contribution in [0, 0.1) is 11.3 Å². The van der Waals surface area contributed by atoms with Gasteiger partial charge in [-0.15, -0.1) is 0 Å². The van der Waals surface area contributed by atoms with Gasteiger partial charge < -0.3 is 24.8 Å². The molecule has 1 saturated heterocycles. The lowest BCUT2D eigenvalue weighted by atomic mass is 10.1. The molecule has 2 atom stereocenters. The number of hydrogen-bond donors (Lipinski definition) is 2. The van der Waals surface area contributed by atoms with E-state index in [4.69, 9.17) is 10.2 Å². The molecule has 0 bridgehead atoms. The summed E-state index contributed by atoms with van der Waals surface area (Å²) >= 11 is 0. The molecule has 0 spiro atoms. The fraction of sp³-hybridized carbons (Fsp3) is 0.440. The van der Waals surface area contributed by atoms with E-state index in [0.29, 0.717) is 19.0 Å². The Balaban J connectivity index is 0.00000274. The summed E-state index contributed by atoms with van der Waals surface area (Å²) < 4.78 is 2.06. The summed E-state index contributed by atoms with van der Waals surface area (Å²) in [6.07, 6.45) is 5.91. The second kappa shape index (κ2) is 10.1. The number of aromatic nitrogens is 3. The Morgan fingerprint density at radius 1 is 1.18 bits per heavy atom. The molecular weight excluding hydrogens is 430 g/mol. The number of aliphatic hydroxyl groups is 1. The number of amides is 1. The first-order chi connectivity index (χ1) is 16.1. The number of nitrogens with one attached hydrogen (secondary N) is 1.